The molecular weight excluding hydrogens is 190 g/mol. The summed E-state index contributed by atoms with van der Waals surface area (Å²) in [5.74, 6) is 0.672. The average Bonchev–Trinajstić information content (AvgIpc) is 2.57. The quantitative estimate of drug-likeness (QED) is 0.687. The molecule has 86 valence electrons. The summed E-state index contributed by atoms with van der Waals surface area (Å²) in [6, 6.07) is 0. The van der Waals surface area contributed by atoms with Crippen molar-refractivity contribution in [3.05, 3.63) is 0 Å². The summed E-state index contributed by atoms with van der Waals surface area (Å²) < 4.78 is 0. The molecule has 1 aliphatic heterocycles. The van der Waals surface area contributed by atoms with E-state index in [1.807, 2.05) is 0 Å². The van der Waals surface area contributed by atoms with Gasteiger partial charge in [-0.05, 0) is 45.2 Å². The van der Waals surface area contributed by atoms with Crippen LogP contribution in [-0.4, -0.2) is 43.0 Å². The van der Waals surface area contributed by atoms with Crippen LogP contribution in [0, 0.1) is 5.92 Å². The van der Waals surface area contributed by atoms with E-state index in [-0.39, 0.29) is 5.91 Å². The molecule has 1 heterocycles. The third kappa shape index (κ3) is 2.32. The Balaban J connectivity index is 1.71. The van der Waals surface area contributed by atoms with Crippen LogP contribution >= 0.6 is 0 Å². The zero-order chi connectivity index (χ0) is 10.9. The lowest BCUT2D eigenvalue weighted by molar-refractivity contribution is -0.129. The topological polar surface area (TPSA) is 58.4 Å². The van der Waals surface area contributed by atoms with Crippen molar-refractivity contribution < 1.29 is 4.79 Å². The zero-order valence-corrected chi connectivity index (χ0v) is 9.46. The molecule has 0 aromatic heterocycles. The van der Waals surface area contributed by atoms with Gasteiger partial charge < -0.3 is 16.0 Å². The van der Waals surface area contributed by atoms with E-state index in [0.717, 1.165) is 38.9 Å². The van der Waals surface area contributed by atoms with Crippen molar-refractivity contribution in [2.45, 2.75) is 31.2 Å². The normalized spacial score (nSPS) is 29.9. The monoisotopic (exact) mass is 211 g/mol. The van der Waals surface area contributed by atoms with Gasteiger partial charge in [-0.3, -0.25) is 4.79 Å². The van der Waals surface area contributed by atoms with E-state index in [2.05, 4.69) is 17.3 Å². The lowest BCUT2D eigenvalue weighted by atomic mass is 9.77. The molecule has 1 aliphatic carbocycles. The molecule has 0 radical (unpaired) electrons. The molecule has 1 saturated carbocycles. The number of nitrogens with zero attached hydrogens (tertiary/aromatic N) is 1. The van der Waals surface area contributed by atoms with Crippen LogP contribution < -0.4 is 11.1 Å². The summed E-state index contributed by atoms with van der Waals surface area (Å²) in [6.45, 7) is 3.04. The van der Waals surface area contributed by atoms with Crippen molar-refractivity contribution in [1.29, 1.82) is 0 Å². The molecule has 1 unspecified atom stereocenters. The van der Waals surface area contributed by atoms with Crippen molar-refractivity contribution in [1.82, 2.24) is 10.2 Å². The number of carbonyl (C=O) groups excluding carboxylic acids is 1. The maximum absolute atomic E-state index is 11.7. The van der Waals surface area contributed by atoms with E-state index in [1.54, 1.807) is 0 Å². The van der Waals surface area contributed by atoms with Gasteiger partial charge in [-0.15, -0.1) is 0 Å². The van der Waals surface area contributed by atoms with E-state index in [1.165, 1.54) is 6.42 Å². The highest BCUT2D eigenvalue weighted by atomic mass is 16.2. The SMILES string of the molecule is CN1CCC(CNC(=O)C2(N)CCC2)C1. The highest BCUT2D eigenvalue weighted by Gasteiger charge is 2.40. The van der Waals surface area contributed by atoms with Crippen molar-refractivity contribution in [2.75, 3.05) is 26.7 Å². The molecule has 1 saturated heterocycles. The van der Waals surface area contributed by atoms with E-state index in [9.17, 15) is 4.79 Å². The first kappa shape index (κ1) is 10.9. The number of carbonyl (C=O) groups is 1. The van der Waals surface area contributed by atoms with Gasteiger partial charge in [-0.1, -0.05) is 0 Å². The summed E-state index contributed by atoms with van der Waals surface area (Å²) in [6.07, 6.45) is 3.98. The summed E-state index contributed by atoms with van der Waals surface area (Å²) in [4.78, 5) is 14.0. The fourth-order valence-electron chi connectivity index (χ4n) is 2.39. The summed E-state index contributed by atoms with van der Waals surface area (Å²) in [5.41, 5.74) is 5.40. The largest absolute Gasteiger partial charge is 0.354 e. The number of likely N-dealkylation sites (tertiary alicyclic amines) is 1. The number of rotatable bonds is 3. The molecule has 2 aliphatic rings. The first-order valence-corrected chi connectivity index (χ1v) is 5.86. The highest BCUT2D eigenvalue weighted by Crippen LogP contribution is 2.29. The molecular formula is C11H21N3O. The van der Waals surface area contributed by atoms with Crippen LogP contribution in [0.1, 0.15) is 25.7 Å². The second-order valence-corrected chi connectivity index (χ2v) is 5.14. The fourth-order valence-corrected chi connectivity index (χ4v) is 2.39. The second-order valence-electron chi connectivity index (χ2n) is 5.14. The lowest BCUT2D eigenvalue weighted by Gasteiger charge is -2.36. The first-order chi connectivity index (χ1) is 7.10. The molecule has 2 fully saturated rings. The van der Waals surface area contributed by atoms with Crippen LogP contribution in [0.25, 0.3) is 0 Å². The van der Waals surface area contributed by atoms with Crippen molar-refractivity contribution >= 4 is 5.91 Å². The molecule has 3 N–H and O–H groups in total. The van der Waals surface area contributed by atoms with Crippen LogP contribution in [0.15, 0.2) is 0 Å². The van der Waals surface area contributed by atoms with E-state index < -0.39 is 5.54 Å². The predicted molar refractivity (Wildman–Crippen MR) is 59.4 cm³/mol. The van der Waals surface area contributed by atoms with E-state index in [0.29, 0.717) is 5.92 Å². The van der Waals surface area contributed by atoms with Gasteiger partial charge in [0.2, 0.25) is 5.91 Å². The van der Waals surface area contributed by atoms with Gasteiger partial charge in [-0.25, -0.2) is 0 Å². The van der Waals surface area contributed by atoms with Crippen LogP contribution in [0.3, 0.4) is 0 Å². The molecule has 1 atom stereocenters. The second kappa shape index (κ2) is 4.10. The maximum Gasteiger partial charge on any atom is 0.240 e. The van der Waals surface area contributed by atoms with Gasteiger partial charge in [-0.2, -0.15) is 0 Å². The average molecular weight is 211 g/mol. The van der Waals surface area contributed by atoms with Gasteiger partial charge in [0, 0.05) is 13.1 Å². The summed E-state index contributed by atoms with van der Waals surface area (Å²) in [5, 5.41) is 3.00. The summed E-state index contributed by atoms with van der Waals surface area (Å²) >= 11 is 0. The van der Waals surface area contributed by atoms with Crippen LogP contribution in [0.5, 0.6) is 0 Å². The Hall–Kier alpha value is -0.610. The Morgan fingerprint density at radius 3 is 2.80 bits per heavy atom. The Bertz CT molecular complexity index is 250. The molecule has 0 aromatic rings. The molecule has 2 rings (SSSR count). The standard InChI is InChI=1S/C11H21N3O/c1-14-6-3-9(8-14)7-13-10(15)11(12)4-2-5-11/h9H,2-8,12H2,1H3,(H,13,15). The number of hydrogen-bond donors (Lipinski definition) is 2. The molecule has 0 spiro atoms. The van der Waals surface area contributed by atoms with Crippen molar-refractivity contribution in [3.8, 4) is 0 Å². The minimum Gasteiger partial charge on any atom is -0.354 e. The molecule has 0 bridgehead atoms. The van der Waals surface area contributed by atoms with Crippen LogP contribution in [0.2, 0.25) is 0 Å². The van der Waals surface area contributed by atoms with E-state index >= 15 is 0 Å². The molecule has 1 amide bonds. The fraction of sp³-hybridized carbons (Fsp3) is 0.909. The van der Waals surface area contributed by atoms with Crippen LogP contribution in [-0.2, 0) is 4.79 Å². The van der Waals surface area contributed by atoms with Gasteiger partial charge in [0.25, 0.3) is 0 Å². The van der Waals surface area contributed by atoms with Crippen molar-refractivity contribution in [2.24, 2.45) is 11.7 Å². The Labute approximate surface area is 91.2 Å². The third-order valence-corrected chi connectivity index (χ3v) is 3.74. The van der Waals surface area contributed by atoms with Gasteiger partial charge in [0.1, 0.15) is 0 Å². The first-order valence-electron chi connectivity index (χ1n) is 5.86. The number of hydrogen-bond acceptors (Lipinski definition) is 3. The van der Waals surface area contributed by atoms with Gasteiger partial charge >= 0.3 is 0 Å². The highest BCUT2D eigenvalue weighted by molar-refractivity contribution is 5.86. The Kier molecular flexibility index (Phi) is 2.98. The van der Waals surface area contributed by atoms with Gasteiger partial charge in [0.15, 0.2) is 0 Å². The third-order valence-electron chi connectivity index (χ3n) is 3.74. The molecule has 15 heavy (non-hydrogen) atoms. The molecule has 4 nitrogen and oxygen atoms in total. The number of nitrogens with one attached hydrogen (secondary N) is 1. The number of amides is 1. The van der Waals surface area contributed by atoms with Crippen molar-refractivity contribution in [3.63, 3.8) is 0 Å². The lowest BCUT2D eigenvalue weighted by Crippen LogP contribution is -2.59. The number of nitrogens with two attached hydrogens (primary N) is 1. The molecule has 4 heteroatoms. The van der Waals surface area contributed by atoms with Crippen LogP contribution in [0.4, 0.5) is 0 Å². The smallest absolute Gasteiger partial charge is 0.240 e. The summed E-state index contributed by atoms with van der Waals surface area (Å²) in [7, 11) is 2.12. The van der Waals surface area contributed by atoms with E-state index in [4.69, 9.17) is 5.73 Å². The molecule has 0 aromatic carbocycles. The minimum absolute atomic E-state index is 0.0586. The maximum atomic E-state index is 11.7. The zero-order valence-electron chi connectivity index (χ0n) is 9.46. The predicted octanol–water partition coefficient (Wildman–Crippen LogP) is -0.0643. The minimum atomic E-state index is -0.537. The Morgan fingerprint density at radius 1 is 1.60 bits per heavy atom. The Morgan fingerprint density at radius 2 is 2.33 bits per heavy atom. The van der Waals surface area contributed by atoms with Gasteiger partial charge in [0.05, 0.1) is 5.54 Å².